The van der Waals surface area contributed by atoms with E-state index in [0.29, 0.717) is 0 Å². The highest BCUT2D eigenvalue weighted by molar-refractivity contribution is 6.03. The molecule has 0 heterocycles. The van der Waals surface area contributed by atoms with Crippen molar-refractivity contribution < 1.29 is 38.4 Å². The van der Waals surface area contributed by atoms with E-state index in [4.69, 9.17) is 24.0 Å². The summed E-state index contributed by atoms with van der Waals surface area (Å²) in [5.41, 5.74) is -0.715. The SMILES string of the molecule is CC(C)OOC(C(C)C)C(C)(C)COC(=O)c1ccccc1C(=O)OCC(C(C)C)C(C)(C)COC(=O)C(C)C. The lowest BCUT2D eigenvalue weighted by molar-refractivity contribution is -0.369. The molecule has 2 atom stereocenters. The summed E-state index contributed by atoms with van der Waals surface area (Å²) in [4.78, 5) is 49.4. The Balaban J connectivity index is 2.97. The Morgan fingerprint density at radius 1 is 0.675 bits per heavy atom. The number of ether oxygens (including phenoxy) is 3. The molecule has 0 saturated carbocycles. The van der Waals surface area contributed by atoms with Gasteiger partial charge in [-0.3, -0.25) is 4.79 Å². The van der Waals surface area contributed by atoms with Gasteiger partial charge in [0.25, 0.3) is 0 Å². The van der Waals surface area contributed by atoms with Crippen molar-refractivity contribution in [2.75, 3.05) is 19.8 Å². The molecule has 0 bridgehead atoms. The van der Waals surface area contributed by atoms with E-state index < -0.39 is 22.8 Å². The van der Waals surface area contributed by atoms with Gasteiger partial charge in [-0.2, -0.15) is 0 Å². The minimum atomic E-state index is -0.616. The molecule has 40 heavy (non-hydrogen) atoms. The van der Waals surface area contributed by atoms with Crippen LogP contribution in [-0.2, 0) is 28.8 Å². The first-order valence-corrected chi connectivity index (χ1v) is 14.3. The van der Waals surface area contributed by atoms with Crippen molar-refractivity contribution in [2.24, 2.45) is 34.5 Å². The summed E-state index contributed by atoms with van der Waals surface area (Å²) < 4.78 is 16.9. The lowest BCUT2D eigenvalue weighted by Crippen LogP contribution is -2.41. The molecule has 0 aromatic heterocycles. The molecule has 8 nitrogen and oxygen atoms in total. The van der Waals surface area contributed by atoms with Gasteiger partial charge in [0.1, 0.15) is 6.10 Å². The van der Waals surface area contributed by atoms with Crippen LogP contribution >= 0.6 is 0 Å². The van der Waals surface area contributed by atoms with E-state index in [2.05, 4.69) is 0 Å². The third kappa shape index (κ3) is 10.8. The molecule has 0 aliphatic rings. The van der Waals surface area contributed by atoms with Crippen molar-refractivity contribution in [1.29, 1.82) is 0 Å². The molecule has 0 N–H and O–H groups in total. The maximum Gasteiger partial charge on any atom is 0.339 e. The van der Waals surface area contributed by atoms with Gasteiger partial charge in [0.2, 0.25) is 0 Å². The fourth-order valence-corrected chi connectivity index (χ4v) is 4.66. The molecule has 1 rings (SSSR count). The summed E-state index contributed by atoms with van der Waals surface area (Å²) >= 11 is 0. The number of hydrogen-bond donors (Lipinski definition) is 0. The van der Waals surface area contributed by atoms with Gasteiger partial charge >= 0.3 is 17.9 Å². The Morgan fingerprint density at radius 2 is 1.18 bits per heavy atom. The minimum absolute atomic E-state index is 0.0677. The number of esters is 3. The van der Waals surface area contributed by atoms with E-state index in [1.807, 2.05) is 69.2 Å². The standard InChI is InChI=1S/C32H52O8/c1-20(2)26(31(9,10)18-37-28(33)22(5)6)17-36-29(34)24-15-13-14-16-25(24)30(35)38-19-32(11,12)27(21(3)4)40-39-23(7)8/h13-16,20-23,26-27H,17-19H2,1-12H3. The molecule has 0 aliphatic heterocycles. The van der Waals surface area contributed by atoms with Gasteiger partial charge in [0.05, 0.1) is 43.0 Å². The molecule has 8 heteroatoms. The molecular weight excluding hydrogens is 512 g/mol. The maximum absolute atomic E-state index is 13.2. The van der Waals surface area contributed by atoms with Gasteiger partial charge in [-0.25, -0.2) is 19.4 Å². The van der Waals surface area contributed by atoms with Gasteiger partial charge in [-0.1, -0.05) is 81.4 Å². The van der Waals surface area contributed by atoms with Crippen LogP contribution in [0.3, 0.4) is 0 Å². The van der Waals surface area contributed by atoms with Crippen molar-refractivity contribution >= 4 is 17.9 Å². The van der Waals surface area contributed by atoms with E-state index >= 15 is 0 Å². The van der Waals surface area contributed by atoms with Crippen LogP contribution in [0, 0.1) is 34.5 Å². The van der Waals surface area contributed by atoms with E-state index in [9.17, 15) is 14.4 Å². The number of hydrogen-bond acceptors (Lipinski definition) is 8. The van der Waals surface area contributed by atoms with Gasteiger partial charge in [-0.05, 0) is 37.8 Å². The number of benzene rings is 1. The zero-order chi connectivity index (χ0) is 30.8. The zero-order valence-corrected chi connectivity index (χ0v) is 26.7. The van der Waals surface area contributed by atoms with Gasteiger partial charge < -0.3 is 14.2 Å². The third-order valence-corrected chi connectivity index (χ3v) is 6.93. The Labute approximate surface area is 241 Å². The van der Waals surface area contributed by atoms with Crippen molar-refractivity contribution in [3.8, 4) is 0 Å². The highest BCUT2D eigenvalue weighted by atomic mass is 17.2. The molecule has 2 unspecified atom stereocenters. The Kier molecular flexibility index (Phi) is 13.8. The lowest BCUT2D eigenvalue weighted by Gasteiger charge is -2.36. The first-order chi connectivity index (χ1) is 18.4. The van der Waals surface area contributed by atoms with Crippen molar-refractivity contribution in [1.82, 2.24) is 0 Å². The largest absolute Gasteiger partial charge is 0.465 e. The Bertz CT molecular complexity index is 961. The zero-order valence-electron chi connectivity index (χ0n) is 26.7. The number of carbonyl (C=O) groups excluding carboxylic acids is 3. The van der Waals surface area contributed by atoms with E-state index in [-0.39, 0.29) is 72.8 Å². The molecule has 1 aromatic rings. The van der Waals surface area contributed by atoms with Gasteiger partial charge in [0.15, 0.2) is 0 Å². The normalized spacial score (nSPS) is 14.0. The third-order valence-electron chi connectivity index (χ3n) is 6.93. The highest BCUT2D eigenvalue weighted by Crippen LogP contribution is 2.34. The average molecular weight is 565 g/mol. The minimum Gasteiger partial charge on any atom is -0.465 e. The van der Waals surface area contributed by atoms with Crippen LogP contribution < -0.4 is 0 Å². The first-order valence-electron chi connectivity index (χ1n) is 14.3. The second-order valence-corrected chi connectivity index (χ2v) is 13.2. The van der Waals surface area contributed by atoms with Crippen LogP contribution in [0.1, 0.15) is 104 Å². The summed E-state index contributed by atoms with van der Waals surface area (Å²) in [6.45, 7) is 23.7. The number of carbonyl (C=O) groups is 3. The maximum atomic E-state index is 13.2. The predicted molar refractivity (Wildman–Crippen MR) is 155 cm³/mol. The Morgan fingerprint density at radius 3 is 1.62 bits per heavy atom. The van der Waals surface area contributed by atoms with Gasteiger partial charge in [0, 0.05) is 16.7 Å². The summed E-state index contributed by atoms with van der Waals surface area (Å²) in [5.74, 6) is -1.53. The van der Waals surface area contributed by atoms with Crippen LogP contribution in [0.25, 0.3) is 0 Å². The van der Waals surface area contributed by atoms with E-state index in [1.54, 1.807) is 38.1 Å². The van der Waals surface area contributed by atoms with Crippen LogP contribution in [0.5, 0.6) is 0 Å². The predicted octanol–water partition coefficient (Wildman–Crippen LogP) is 6.91. The van der Waals surface area contributed by atoms with E-state index in [0.717, 1.165) is 0 Å². The quantitative estimate of drug-likeness (QED) is 0.0925. The first kappa shape index (κ1) is 35.6. The summed E-state index contributed by atoms with van der Waals surface area (Å²) in [6.07, 6.45) is -0.424. The smallest absolute Gasteiger partial charge is 0.339 e. The van der Waals surface area contributed by atoms with Crippen LogP contribution in [0.15, 0.2) is 24.3 Å². The monoisotopic (exact) mass is 564 g/mol. The molecular formula is C32H52O8. The van der Waals surface area contributed by atoms with Crippen molar-refractivity contribution in [3.05, 3.63) is 35.4 Å². The molecule has 0 spiro atoms. The molecule has 0 saturated heterocycles. The second kappa shape index (κ2) is 15.5. The van der Waals surface area contributed by atoms with Crippen LogP contribution in [0.4, 0.5) is 0 Å². The van der Waals surface area contributed by atoms with Crippen molar-refractivity contribution in [3.63, 3.8) is 0 Å². The van der Waals surface area contributed by atoms with Crippen LogP contribution in [-0.4, -0.2) is 49.9 Å². The molecule has 0 fully saturated rings. The fraction of sp³-hybridized carbons (Fsp3) is 0.719. The summed E-state index contributed by atoms with van der Waals surface area (Å²) in [7, 11) is 0. The summed E-state index contributed by atoms with van der Waals surface area (Å²) in [5, 5.41) is 0. The second-order valence-electron chi connectivity index (χ2n) is 13.2. The van der Waals surface area contributed by atoms with Crippen LogP contribution in [0.2, 0.25) is 0 Å². The fourth-order valence-electron chi connectivity index (χ4n) is 4.66. The Hall–Kier alpha value is -2.45. The highest BCUT2D eigenvalue weighted by Gasteiger charge is 2.37. The van der Waals surface area contributed by atoms with Crippen molar-refractivity contribution in [2.45, 2.75) is 95.3 Å². The van der Waals surface area contributed by atoms with E-state index in [1.165, 1.54) is 0 Å². The topological polar surface area (TPSA) is 97.4 Å². The molecule has 0 amide bonds. The molecule has 0 aliphatic carbocycles. The van der Waals surface area contributed by atoms with Gasteiger partial charge in [-0.15, -0.1) is 0 Å². The average Bonchev–Trinajstić information content (AvgIpc) is 2.85. The molecule has 0 radical (unpaired) electrons. The number of rotatable bonds is 16. The summed E-state index contributed by atoms with van der Waals surface area (Å²) in [6, 6.07) is 6.47. The molecule has 228 valence electrons. The molecule has 1 aromatic carbocycles. The lowest BCUT2D eigenvalue weighted by atomic mass is 9.74.